The number of halogens is 1. The van der Waals surface area contributed by atoms with Crippen molar-refractivity contribution in [1.82, 2.24) is 5.43 Å². The van der Waals surface area contributed by atoms with Gasteiger partial charge < -0.3 is 14.9 Å². The van der Waals surface area contributed by atoms with E-state index in [1.165, 1.54) is 18.3 Å². The normalized spacial score (nSPS) is 11.3. The van der Waals surface area contributed by atoms with Gasteiger partial charge in [-0.05, 0) is 52.6 Å². The third-order valence-corrected chi connectivity index (χ3v) is 5.91. The number of hydrazone groups is 1. The Bertz CT molecular complexity index is 1390. The van der Waals surface area contributed by atoms with E-state index in [0.717, 1.165) is 0 Å². The van der Waals surface area contributed by atoms with Gasteiger partial charge in [-0.25, -0.2) is 10.2 Å². The Morgan fingerprint density at radius 2 is 1.54 bits per heavy atom. The van der Waals surface area contributed by atoms with E-state index in [1.54, 1.807) is 91.0 Å². The van der Waals surface area contributed by atoms with Gasteiger partial charge in [0.2, 0.25) is 0 Å². The number of amides is 1. The summed E-state index contributed by atoms with van der Waals surface area (Å²) in [4.78, 5) is 24.2. The molecule has 0 atom stereocenters. The van der Waals surface area contributed by atoms with Crippen LogP contribution in [-0.4, -0.2) is 28.3 Å². The SMILES string of the molecule is O=C(O)c1cccc(COc2ccc(/C=N\NC(=O)C(O)(c3ccccc3)c3ccccc3)cc2Cl)c1. The smallest absolute Gasteiger partial charge is 0.335 e. The van der Waals surface area contributed by atoms with Crippen molar-refractivity contribution in [3.05, 3.63) is 136 Å². The highest BCUT2D eigenvalue weighted by atomic mass is 35.5. The van der Waals surface area contributed by atoms with E-state index in [2.05, 4.69) is 10.5 Å². The van der Waals surface area contributed by atoms with E-state index in [9.17, 15) is 14.7 Å². The zero-order chi connectivity index (χ0) is 26.3. The average Bonchev–Trinajstić information content (AvgIpc) is 2.93. The fourth-order valence-corrected chi connectivity index (χ4v) is 3.95. The molecular weight excluding hydrogens is 492 g/mol. The highest BCUT2D eigenvalue weighted by molar-refractivity contribution is 6.32. The van der Waals surface area contributed by atoms with Crippen LogP contribution in [0.25, 0.3) is 0 Å². The van der Waals surface area contributed by atoms with E-state index < -0.39 is 17.5 Å². The van der Waals surface area contributed by atoms with Gasteiger partial charge in [0, 0.05) is 0 Å². The van der Waals surface area contributed by atoms with Gasteiger partial charge in [0.05, 0.1) is 16.8 Å². The summed E-state index contributed by atoms with van der Waals surface area (Å²) in [6.07, 6.45) is 1.40. The molecule has 37 heavy (non-hydrogen) atoms. The Hall–Kier alpha value is -4.46. The van der Waals surface area contributed by atoms with Gasteiger partial charge in [0.25, 0.3) is 5.91 Å². The lowest BCUT2D eigenvalue weighted by Crippen LogP contribution is -2.43. The Morgan fingerprint density at radius 1 is 0.892 bits per heavy atom. The average molecular weight is 515 g/mol. The number of hydrogen-bond acceptors (Lipinski definition) is 5. The lowest BCUT2D eigenvalue weighted by Gasteiger charge is -2.27. The molecule has 0 spiro atoms. The second-order valence-corrected chi connectivity index (χ2v) is 8.53. The molecule has 186 valence electrons. The Morgan fingerprint density at radius 3 is 2.14 bits per heavy atom. The van der Waals surface area contributed by atoms with Crippen LogP contribution >= 0.6 is 11.6 Å². The van der Waals surface area contributed by atoms with Crippen LogP contribution in [0.15, 0.2) is 108 Å². The highest BCUT2D eigenvalue weighted by Crippen LogP contribution is 2.30. The molecule has 4 rings (SSSR count). The molecule has 0 saturated heterocycles. The quantitative estimate of drug-likeness (QED) is 0.215. The van der Waals surface area contributed by atoms with Gasteiger partial charge in [0.15, 0.2) is 5.60 Å². The number of carboxylic acid groups (broad SMARTS) is 1. The van der Waals surface area contributed by atoms with Crippen molar-refractivity contribution in [2.45, 2.75) is 12.2 Å². The first kappa shape index (κ1) is 25.6. The fraction of sp³-hybridized carbons (Fsp3) is 0.0690. The van der Waals surface area contributed by atoms with Gasteiger partial charge in [-0.1, -0.05) is 84.4 Å². The van der Waals surface area contributed by atoms with Crippen LogP contribution in [0.2, 0.25) is 5.02 Å². The fourth-order valence-electron chi connectivity index (χ4n) is 3.70. The number of hydrogen-bond donors (Lipinski definition) is 3. The lowest BCUT2D eigenvalue weighted by molar-refractivity contribution is -0.136. The first-order valence-corrected chi connectivity index (χ1v) is 11.7. The van der Waals surface area contributed by atoms with Crippen LogP contribution < -0.4 is 10.2 Å². The van der Waals surface area contributed by atoms with Gasteiger partial charge in [-0.15, -0.1) is 0 Å². The Labute approximate surface area is 218 Å². The van der Waals surface area contributed by atoms with Gasteiger partial charge in [-0.3, -0.25) is 4.79 Å². The number of aromatic carboxylic acids is 1. The lowest BCUT2D eigenvalue weighted by atomic mass is 9.85. The molecule has 0 aliphatic rings. The predicted molar refractivity (Wildman–Crippen MR) is 141 cm³/mol. The highest BCUT2D eigenvalue weighted by Gasteiger charge is 2.39. The molecule has 0 heterocycles. The van der Waals surface area contributed by atoms with Gasteiger partial charge in [-0.2, -0.15) is 5.10 Å². The monoisotopic (exact) mass is 514 g/mol. The number of carbonyl (C=O) groups is 2. The third kappa shape index (κ3) is 6.03. The number of carbonyl (C=O) groups excluding carboxylic acids is 1. The number of benzene rings is 4. The van der Waals surface area contributed by atoms with Crippen LogP contribution in [0.3, 0.4) is 0 Å². The van der Waals surface area contributed by atoms with E-state index in [1.807, 2.05) is 0 Å². The van der Waals surface area contributed by atoms with Crippen LogP contribution in [0.1, 0.15) is 32.6 Å². The largest absolute Gasteiger partial charge is 0.487 e. The van der Waals surface area contributed by atoms with Crippen molar-refractivity contribution in [2.75, 3.05) is 0 Å². The summed E-state index contributed by atoms with van der Waals surface area (Å²) in [5.74, 6) is -1.32. The van der Waals surface area contributed by atoms with Crippen LogP contribution in [0.4, 0.5) is 0 Å². The molecule has 8 heteroatoms. The zero-order valence-electron chi connectivity index (χ0n) is 19.5. The molecule has 0 aliphatic heterocycles. The molecule has 0 radical (unpaired) electrons. The number of rotatable bonds is 9. The van der Waals surface area contributed by atoms with Crippen molar-refractivity contribution in [3.8, 4) is 5.75 Å². The molecule has 4 aromatic rings. The summed E-state index contributed by atoms with van der Waals surface area (Å²) in [5.41, 5.74) is 2.76. The molecule has 0 aromatic heterocycles. The van der Waals surface area contributed by atoms with Crippen molar-refractivity contribution in [3.63, 3.8) is 0 Å². The maximum Gasteiger partial charge on any atom is 0.335 e. The molecule has 4 aromatic carbocycles. The van der Waals surface area contributed by atoms with Crippen molar-refractivity contribution < 1.29 is 24.5 Å². The Balaban J connectivity index is 1.44. The van der Waals surface area contributed by atoms with E-state index >= 15 is 0 Å². The molecule has 3 N–H and O–H groups in total. The molecule has 0 unspecified atom stereocenters. The number of carboxylic acids is 1. The minimum Gasteiger partial charge on any atom is -0.487 e. The third-order valence-electron chi connectivity index (χ3n) is 5.62. The zero-order valence-corrected chi connectivity index (χ0v) is 20.3. The summed E-state index contributed by atoms with van der Waals surface area (Å²) >= 11 is 6.34. The van der Waals surface area contributed by atoms with Crippen LogP contribution in [0, 0.1) is 0 Å². The molecule has 0 bridgehead atoms. The summed E-state index contributed by atoms with van der Waals surface area (Å²) in [7, 11) is 0. The molecule has 7 nitrogen and oxygen atoms in total. The van der Waals surface area contributed by atoms with E-state index in [-0.39, 0.29) is 12.2 Å². The van der Waals surface area contributed by atoms with Crippen molar-refractivity contribution in [2.24, 2.45) is 5.10 Å². The maximum absolute atomic E-state index is 13.1. The predicted octanol–water partition coefficient (Wildman–Crippen LogP) is 5.00. The topological polar surface area (TPSA) is 108 Å². The first-order chi connectivity index (χ1) is 17.9. The molecule has 0 saturated carbocycles. The Kier molecular flexibility index (Phi) is 7.98. The number of nitrogens with zero attached hydrogens (tertiary/aromatic N) is 1. The summed E-state index contributed by atoms with van der Waals surface area (Å²) in [6, 6.07) is 28.7. The minimum absolute atomic E-state index is 0.141. The number of ether oxygens (including phenoxy) is 1. The second kappa shape index (κ2) is 11.5. The van der Waals surface area contributed by atoms with Crippen molar-refractivity contribution in [1.29, 1.82) is 0 Å². The summed E-state index contributed by atoms with van der Waals surface area (Å²) in [6.45, 7) is 0.141. The number of nitrogens with one attached hydrogen (secondary N) is 1. The van der Waals surface area contributed by atoms with Gasteiger partial charge >= 0.3 is 5.97 Å². The van der Waals surface area contributed by atoms with Crippen LogP contribution in [-0.2, 0) is 17.0 Å². The standard InChI is InChI=1S/C29H23ClN2O5/c30-25-17-20(14-15-26(25)37-19-21-8-7-9-22(16-21)27(33)34)18-31-32-28(35)29(36,23-10-3-1-4-11-23)24-12-5-2-6-13-24/h1-18,36H,19H2,(H,32,35)(H,33,34)/b31-18-. The molecular formula is C29H23ClN2O5. The van der Waals surface area contributed by atoms with Crippen LogP contribution in [0.5, 0.6) is 5.75 Å². The maximum atomic E-state index is 13.1. The van der Waals surface area contributed by atoms with Gasteiger partial charge in [0.1, 0.15) is 12.4 Å². The second-order valence-electron chi connectivity index (χ2n) is 8.13. The first-order valence-electron chi connectivity index (χ1n) is 11.3. The molecule has 1 amide bonds. The van der Waals surface area contributed by atoms with E-state index in [4.69, 9.17) is 21.4 Å². The van der Waals surface area contributed by atoms with E-state index in [0.29, 0.717) is 33.0 Å². The molecule has 0 fully saturated rings. The van der Waals surface area contributed by atoms with Crippen molar-refractivity contribution >= 4 is 29.7 Å². The minimum atomic E-state index is -1.94. The number of aliphatic hydroxyl groups is 1. The summed E-state index contributed by atoms with van der Waals surface area (Å²) in [5, 5.41) is 24.9. The summed E-state index contributed by atoms with van der Waals surface area (Å²) < 4.78 is 5.73. The molecule has 0 aliphatic carbocycles.